The normalized spacial score (nSPS) is 10.6. The van der Waals surface area contributed by atoms with Crippen LogP contribution in [0.3, 0.4) is 0 Å². The zero-order valence-electron chi connectivity index (χ0n) is 7.88. The summed E-state index contributed by atoms with van der Waals surface area (Å²) in [7, 11) is 2.07. The number of rotatable bonds is 4. The molecule has 0 aliphatic carbocycles. The van der Waals surface area contributed by atoms with Crippen LogP contribution < -0.4 is 5.73 Å². The van der Waals surface area contributed by atoms with E-state index in [1.54, 1.807) is 0 Å². The fraction of sp³-hybridized carbons (Fsp3) is 0.667. The SMILES string of the molecule is CCc1cnc(CCCN)n1C. The number of nitrogens with two attached hydrogens (primary N) is 1. The third-order valence-electron chi connectivity index (χ3n) is 2.15. The van der Waals surface area contributed by atoms with E-state index in [0.717, 1.165) is 31.6 Å². The highest BCUT2D eigenvalue weighted by Gasteiger charge is 2.02. The van der Waals surface area contributed by atoms with Crippen LogP contribution in [0.5, 0.6) is 0 Å². The first-order valence-electron chi connectivity index (χ1n) is 4.49. The van der Waals surface area contributed by atoms with E-state index >= 15 is 0 Å². The molecular weight excluding hydrogens is 150 g/mol. The lowest BCUT2D eigenvalue weighted by molar-refractivity contribution is 0.711. The summed E-state index contributed by atoms with van der Waals surface area (Å²) in [5.74, 6) is 1.15. The van der Waals surface area contributed by atoms with Gasteiger partial charge >= 0.3 is 0 Å². The van der Waals surface area contributed by atoms with Crippen molar-refractivity contribution in [3.8, 4) is 0 Å². The Morgan fingerprint density at radius 1 is 1.58 bits per heavy atom. The largest absolute Gasteiger partial charge is 0.335 e. The summed E-state index contributed by atoms with van der Waals surface area (Å²) in [6, 6.07) is 0. The second-order valence-electron chi connectivity index (χ2n) is 2.97. The van der Waals surface area contributed by atoms with Gasteiger partial charge in [-0.3, -0.25) is 0 Å². The van der Waals surface area contributed by atoms with Gasteiger partial charge in [-0.25, -0.2) is 4.98 Å². The van der Waals surface area contributed by atoms with Gasteiger partial charge in [0.2, 0.25) is 0 Å². The maximum atomic E-state index is 5.43. The van der Waals surface area contributed by atoms with Gasteiger partial charge in [0.1, 0.15) is 5.82 Å². The third kappa shape index (κ3) is 1.85. The van der Waals surface area contributed by atoms with Crippen molar-refractivity contribution in [3.05, 3.63) is 17.7 Å². The first kappa shape index (κ1) is 9.26. The number of imidazole rings is 1. The molecule has 1 rings (SSSR count). The van der Waals surface area contributed by atoms with Crippen molar-refractivity contribution in [2.24, 2.45) is 12.8 Å². The highest BCUT2D eigenvalue weighted by Crippen LogP contribution is 2.05. The Bertz CT molecular complexity index is 240. The van der Waals surface area contributed by atoms with Crippen molar-refractivity contribution in [2.75, 3.05) is 6.54 Å². The fourth-order valence-corrected chi connectivity index (χ4v) is 1.31. The molecule has 0 amide bonds. The third-order valence-corrected chi connectivity index (χ3v) is 2.15. The van der Waals surface area contributed by atoms with Crippen LogP contribution in [0.15, 0.2) is 6.20 Å². The Balaban J connectivity index is 2.66. The molecule has 0 aromatic carbocycles. The lowest BCUT2D eigenvalue weighted by Crippen LogP contribution is -2.05. The van der Waals surface area contributed by atoms with Gasteiger partial charge in [0.15, 0.2) is 0 Å². The van der Waals surface area contributed by atoms with Gasteiger partial charge < -0.3 is 10.3 Å². The van der Waals surface area contributed by atoms with Crippen LogP contribution >= 0.6 is 0 Å². The summed E-state index contributed by atoms with van der Waals surface area (Å²) in [6.07, 6.45) is 5.01. The van der Waals surface area contributed by atoms with E-state index in [1.165, 1.54) is 5.69 Å². The number of aromatic nitrogens is 2. The standard InChI is InChI=1S/C9H17N3/c1-3-8-7-11-9(12(8)2)5-4-6-10/h7H,3-6,10H2,1-2H3. The molecule has 1 aromatic rings. The molecule has 68 valence electrons. The molecule has 0 spiro atoms. The maximum absolute atomic E-state index is 5.43. The molecule has 3 nitrogen and oxygen atoms in total. The van der Waals surface area contributed by atoms with Gasteiger partial charge in [-0.05, 0) is 19.4 Å². The predicted molar refractivity (Wildman–Crippen MR) is 50.0 cm³/mol. The predicted octanol–water partition coefficient (Wildman–Crippen LogP) is 0.874. The summed E-state index contributed by atoms with van der Waals surface area (Å²) in [4.78, 5) is 4.33. The molecule has 0 saturated heterocycles. The van der Waals surface area contributed by atoms with Crippen LogP contribution in [0.4, 0.5) is 0 Å². The Morgan fingerprint density at radius 2 is 2.33 bits per heavy atom. The van der Waals surface area contributed by atoms with Crippen molar-refractivity contribution < 1.29 is 0 Å². The van der Waals surface area contributed by atoms with Crippen LogP contribution in [-0.2, 0) is 19.9 Å². The molecule has 2 N–H and O–H groups in total. The van der Waals surface area contributed by atoms with Crippen LogP contribution in [-0.4, -0.2) is 16.1 Å². The van der Waals surface area contributed by atoms with Gasteiger partial charge in [-0.2, -0.15) is 0 Å². The van der Waals surface area contributed by atoms with Gasteiger partial charge in [0, 0.05) is 25.4 Å². The Hall–Kier alpha value is -0.830. The minimum Gasteiger partial charge on any atom is -0.335 e. The first-order chi connectivity index (χ1) is 5.79. The minimum atomic E-state index is 0.744. The fourth-order valence-electron chi connectivity index (χ4n) is 1.31. The zero-order chi connectivity index (χ0) is 8.97. The second-order valence-corrected chi connectivity index (χ2v) is 2.97. The molecule has 12 heavy (non-hydrogen) atoms. The summed E-state index contributed by atoms with van der Waals surface area (Å²) >= 11 is 0. The highest BCUT2D eigenvalue weighted by atomic mass is 15.1. The molecule has 0 aliphatic rings. The monoisotopic (exact) mass is 167 g/mol. The number of hydrogen-bond donors (Lipinski definition) is 1. The molecule has 3 heteroatoms. The molecule has 0 saturated carbocycles. The molecule has 0 unspecified atom stereocenters. The molecule has 0 atom stereocenters. The molecule has 1 heterocycles. The van der Waals surface area contributed by atoms with Crippen LogP contribution in [0.1, 0.15) is 24.9 Å². The maximum Gasteiger partial charge on any atom is 0.108 e. The first-order valence-corrected chi connectivity index (χ1v) is 4.49. The van der Waals surface area contributed by atoms with Crippen molar-refractivity contribution >= 4 is 0 Å². The van der Waals surface area contributed by atoms with Crippen molar-refractivity contribution in [3.63, 3.8) is 0 Å². The van der Waals surface area contributed by atoms with E-state index < -0.39 is 0 Å². The van der Waals surface area contributed by atoms with E-state index in [0.29, 0.717) is 0 Å². The topological polar surface area (TPSA) is 43.8 Å². The van der Waals surface area contributed by atoms with Crippen LogP contribution in [0.2, 0.25) is 0 Å². The summed E-state index contributed by atoms with van der Waals surface area (Å²) in [5.41, 5.74) is 6.72. The van der Waals surface area contributed by atoms with E-state index in [-0.39, 0.29) is 0 Å². The van der Waals surface area contributed by atoms with E-state index in [4.69, 9.17) is 5.73 Å². The average Bonchev–Trinajstić information content (AvgIpc) is 2.43. The average molecular weight is 167 g/mol. The van der Waals surface area contributed by atoms with Gasteiger partial charge in [-0.1, -0.05) is 6.92 Å². The van der Waals surface area contributed by atoms with Gasteiger partial charge in [0.25, 0.3) is 0 Å². The summed E-state index contributed by atoms with van der Waals surface area (Å²) < 4.78 is 2.16. The highest BCUT2D eigenvalue weighted by molar-refractivity contribution is 5.04. The molecule has 1 aromatic heterocycles. The molecular formula is C9H17N3. The second kappa shape index (κ2) is 4.26. The van der Waals surface area contributed by atoms with Crippen molar-refractivity contribution in [2.45, 2.75) is 26.2 Å². The van der Waals surface area contributed by atoms with Gasteiger partial charge in [-0.15, -0.1) is 0 Å². The van der Waals surface area contributed by atoms with E-state index in [1.807, 2.05) is 6.20 Å². The summed E-state index contributed by atoms with van der Waals surface area (Å²) in [5, 5.41) is 0. The molecule has 0 aliphatic heterocycles. The number of aryl methyl sites for hydroxylation is 2. The lowest BCUT2D eigenvalue weighted by Gasteiger charge is -2.02. The number of nitrogens with zero attached hydrogens (tertiary/aromatic N) is 2. The zero-order valence-corrected chi connectivity index (χ0v) is 7.88. The van der Waals surface area contributed by atoms with Crippen LogP contribution in [0, 0.1) is 0 Å². The molecule has 0 fully saturated rings. The van der Waals surface area contributed by atoms with Gasteiger partial charge in [0.05, 0.1) is 0 Å². The van der Waals surface area contributed by atoms with E-state index in [2.05, 4.69) is 23.5 Å². The Labute approximate surface area is 73.6 Å². The van der Waals surface area contributed by atoms with Crippen molar-refractivity contribution in [1.29, 1.82) is 0 Å². The summed E-state index contributed by atoms with van der Waals surface area (Å²) in [6.45, 7) is 2.89. The smallest absolute Gasteiger partial charge is 0.108 e. The number of hydrogen-bond acceptors (Lipinski definition) is 2. The van der Waals surface area contributed by atoms with E-state index in [9.17, 15) is 0 Å². The minimum absolute atomic E-state index is 0.744. The molecule has 0 bridgehead atoms. The van der Waals surface area contributed by atoms with Crippen LogP contribution in [0.25, 0.3) is 0 Å². The Morgan fingerprint density at radius 3 is 2.83 bits per heavy atom. The van der Waals surface area contributed by atoms with Crippen molar-refractivity contribution in [1.82, 2.24) is 9.55 Å². The Kier molecular flexibility index (Phi) is 3.29. The quantitative estimate of drug-likeness (QED) is 0.723. The lowest BCUT2D eigenvalue weighted by atomic mass is 10.3. The molecule has 0 radical (unpaired) electrons.